The number of nitrogens with one attached hydrogen (secondary N) is 2. The van der Waals surface area contributed by atoms with E-state index in [-0.39, 0.29) is 18.9 Å². The first-order valence-electron chi connectivity index (χ1n) is 8.71. The van der Waals surface area contributed by atoms with Crippen molar-refractivity contribution < 1.29 is 19.1 Å². The van der Waals surface area contributed by atoms with Crippen molar-refractivity contribution in [3.8, 4) is 0 Å². The van der Waals surface area contributed by atoms with E-state index in [1.165, 1.54) is 18.7 Å². The molecule has 0 radical (unpaired) electrons. The number of carbonyl (C=O) groups excluding carboxylic acids is 3. The molecular weight excluding hydrogens is 400 g/mol. The van der Waals surface area contributed by atoms with Crippen molar-refractivity contribution in [2.24, 2.45) is 0 Å². The summed E-state index contributed by atoms with van der Waals surface area (Å²) in [6.07, 6.45) is -1.09. The largest absolute Gasteiger partial charge is 0.453 e. The molecule has 2 atom stereocenters. The SMILES string of the molecule is C[C@H](OC(=O)C[C@@H]1Sc2ccccc2NC1=O)C(=O)NCc1ccccc1Cl. The van der Waals surface area contributed by atoms with Crippen LogP contribution in [0, 0.1) is 0 Å². The summed E-state index contributed by atoms with van der Waals surface area (Å²) in [5.41, 5.74) is 1.50. The molecule has 28 heavy (non-hydrogen) atoms. The van der Waals surface area contributed by atoms with Crippen molar-refractivity contribution in [2.75, 3.05) is 5.32 Å². The number of esters is 1. The van der Waals surface area contributed by atoms with E-state index in [0.29, 0.717) is 5.02 Å². The minimum atomic E-state index is -0.973. The second-order valence-electron chi connectivity index (χ2n) is 6.24. The Morgan fingerprint density at radius 3 is 2.71 bits per heavy atom. The van der Waals surface area contributed by atoms with Gasteiger partial charge in [-0.05, 0) is 30.7 Å². The molecule has 2 aromatic rings. The first-order valence-corrected chi connectivity index (χ1v) is 9.97. The highest BCUT2D eigenvalue weighted by molar-refractivity contribution is 8.01. The maximum atomic E-state index is 12.2. The highest BCUT2D eigenvalue weighted by Crippen LogP contribution is 2.36. The fourth-order valence-electron chi connectivity index (χ4n) is 2.65. The first kappa shape index (κ1) is 20.2. The van der Waals surface area contributed by atoms with Gasteiger partial charge in [-0.25, -0.2) is 0 Å². The third-order valence-corrected chi connectivity index (χ3v) is 5.79. The predicted octanol–water partition coefficient (Wildman–Crippen LogP) is 3.39. The van der Waals surface area contributed by atoms with Crippen molar-refractivity contribution in [3.05, 3.63) is 59.1 Å². The van der Waals surface area contributed by atoms with Crippen molar-refractivity contribution in [2.45, 2.75) is 36.1 Å². The van der Waals surface area contributed by atoms with Crippen LogP contribution in [0.4, 0.5) is 5.69 Å². The van der Waals surface area contributed by atoms with Crippen LogP contribution in [-0.4, -0.2) is 29.1 Å². The standard InChI is InChI=1S/C20H19ClN2O4S/c1-12(19(25)22-11-13-6-2-3-7-14(13)21)27-18(24)10-17-20(26)23-15-8-4-5-9-16(15)28-17/h2-9,12,17H,10-11H2,1H3,(H,22,25)(H,23,26)/t12-,17-/m0/s1. The molecule has 1 heterocycles. The van der Waals surface area contributed by atoms with Gasteiger partial charge < -0.3 is 15.4 Å². The van der Waals surface area contributed by atoms with Crippen LogP contribution in [0.15, 0.2) is 53.4 Å². The van der Waals surface area contributed by atoms with E-state index in [2.05, 4.69) is 10.6 Å². The molecular formula is C20H19ClN2O4S. The van der Waals surface area contributed by atoms with Crippen molar-refractivity contribution >= 4 is 46.8 Å². The van der Waals surface area contributed by atoms with Gasteiger partial charge in [0.1, 0.15) is 0 Å². The summed E-state index contributed by atoms with van der Waals surface area (Å²) >= 11 is 7.36. The van der Waals surface area contributed by atoms with Crippen LogP contribution in [0.2, 0.25) is 5.02 Å². The highest BCUT2D eigenvalue weighted by atomic mass is 35.5. The van der Waals surface area contributed by atoms with Crippen LogP contribution in [0.3, 0.4) is 0 Å². The van der Waals surface area contributed by atoms with Crippen molar-refractivity contribution in [1.82, 2.24) is 5.32 Å². The second kappa shape index (κ2) is 9.12. The summed E-state index contributed by atoms with van der Waals surface area (Å²) in [4.78, 5) is 37.4. The number of thioether (sulfide) groups is 1. The molecule has 0 unspecified atom stereocenters. The fourth-order valence-corrected chi connectivity index (χ4v) is 3.94. The fraction of sp³-hybridized carbons (Fsp3) is 0.250. The third kappa shape index (κ3) is 5.05. The maximum Gasteiger partial charge on any atom is 0.308 e. The van der Waals surface area contributed by atoms with Gasteiger partial charge >= 0.3 is 5.97 Å². The average Bonchev–Trinajstić information content (AvgIpc) is 2.67. The highest BCUT2D eigenvalue weighted by Gasteiger charge is 2.30. The molecule has 6 nitrogen and oxygen atoms in total. The number of anilines is 1. The van der Waals surface area contributed by atoms with Crippen LogP contribution in [-0.2, 0) is 25.7 Å². The summed E-state index contributed by atoms with van der Waals surface area (Å²) in [6.45, 7) is 1.72. The molecule has 2 N–H and O–H groups in total. The van der Waals surface area contributed by atoms with Gasteiger partial charge in [0.25, 0.3) is 5.91 Å². The summed E-state index contributed by atoms with van der Waals surface area (Å²) < 4.78 is 5.19. The molecule has 2 aromatic carbocycles. The van der Waals surface area contributed by atoms with Gasteiger partial charge in [-0.1, -0.05) is 41.9 Å². The number of para-hydroxylation sites is 1. The van der Waals surface area contributed by atoms with Crippen molar-refractivity contribution in [3.63, 3.8) is 0 Å². The number of hydrogen-bond acceptors (Lipinski definition) is 5. The van der Waals surface area contributed by atoms with E-state index in [1.54, 1.807) is 24.3 Å². The van der Waals surface area contributed by atoms with E-state index in [4.69, 9.17) is 16.3 Å². The summed E-state index contributed by atoms with van der Waals surface area (Å²) in [5.74, 6) is -1.29. The molecule has 0 saturated heterocycles. The average molecular weight is 419 g/mol. The maximum absolute atomic E-state index is 12.2. The van der Waals surface area contributed by atoms with Gasteiger partial charge in [0.15, 0.2) is 6.10 Å². The Balaban J connectivity index is 1.49. The normalized spacial score (nSPS) is 16.5. The van der Waals surface area contributed by atoms with Crippen molar-refractivity contribution in [1.29, 1.82) is 0 Å². The van der Waals surface area contributed by atoms with E-state index in [0.717, 1.165) is 16.1 Å². The minimum Gasteiger partial charge on any atom is -0.453 e. The Hall–Kier alpha value is -2.51. The smallest absolute Gasteiger partial charge is 0.308 e. The number of amides is 2. The van der Waals surface area contributed by atoms with Crippen LogP contribution in [0.25, 0.3) is 0 Å². The van der Waals surface area contributed by atoms with Crippen LogP contribution in [0.5, 0.6) is 0 Å². The number of carbonyl (C=O) groups is 3. The summed E-state index contributed by atoms with van der Waals surface area (Å²) in [5, 5.41) is 5.41. The molecule has 146 valence electrons. The molecule has 0 aromatic heterocycles. The first-order chi connectivity index (χ1) is 13.4. The Labute approximate surface area is 172 Å². The molecule has 0 aliphatic carbocycles. The van der Waals surface area contributed by atoms with Crippen LogP contribution < -0.4 is 10.6 Å². The number of ether oxygens (including phenoxy) is 1. The lowest BCUT2D eigenvalue weighted by atomic mass is 10.2. The Morgan fingerprint density at radius 2 is 1.93 bits per heavy atom. The Bertz CT molecular complexity index is 905. The third-order valence-electron chi connectivity index (χ3n) is 4.15. The molecule has 0 bridgehead atoms. The molecule has 1 aliphatic rings. The zero-order valence-corrected chi connectivity index (χ0v) is 16.7. The summed E-state index contributed by atoms with van der Waals surface area (Å²) in [6, 6.07) is 14.5. The summed E-state index contributed by atoms with van der Waals surface area (Å²) in [7, 11) is 0. The van der Waals surface area contributed by atoms with E-state index in [9.17, 15) is 14.4 Å². The van der Waals surface area contributed by atoms with Crippen LogP contribution >= 0.6 is 23.4 Å². The van der Waals surface area contributed by atoms with Gasteiger partial charge in [0, 0.05) is 16.5 Å². The van der Waals surface area contributed by atoms with E-state index >= 15 is 0 Å². The van der Waals surface area contributed by atoms with Gasteiger partial charge in [-0.3, -0.25) is 14.4 Å². The van der Waals surface area contributed by atoms with E-state index < -0.39 is 23.2 Å². The number of benzene rings is 2. The molecule has 1 aliphatic heterocycles. The molecule has 2 amide bonds. The zero-order valence-electron chi connectivity index (χ0n) is 15.1. The molecule has 0 fully saturated rings. The molecule has 3 rings (SSSR count). The van der Waals surface area contributed by atoms with Crippen LogP contribution in [0.1, 0.15) is 18.9 Å². The lowest BCUT2D eigenvalue weighted by molar-refractivity contribution is -0.155. The number of hydrogen-bond donors (Lipinski definition) is 2. The minimum absolute atomic E-state index is 0.118. The molecule has 8 heteroatoms. The van der Waals surface area contributed by atoms with Gasteiger partial charge in [0.2, 0.25) is 5.91 Å². The number of fused-ring (bicyclic) bond motifs is 1. The van der Waals surface area contributed by atoms with Gasteiger partial charge in [-0.2, -0.15) is 0 Å². The quantitative estimate of drug-likeness (QED) is 0.702. The lowest BCUT2D eigenvalue weighted by Crippen LogP contribution is -2.37. The topological polar surface area (TPSA) is 84.5 Å². The van der Waals surface area contributed by atoms with Gasteiger partial charge in [0.05, 0.1) is 17.4 Å². The molecule has 0 spiro atoms. The number of rotatable bonds is 6. The zero-order chi connectivity index (χ0) is 20.1. The lowest BCUT2D eigenvalue weighted by Gasteiger charge is -2.23. The number of halogens is 1. The van der Waals surface area contributed by atoms with Gasteiger partial charge in [-0.15, -0.1) is 11.8 Å². The second-order valence-corrected chi connectivity index (χ2v) is 7.89. The Kier molecular flexibility index (Phi) is 6.59. The van der Waals surface area contributed by atoms with E-state index in [1.807, 2.05) is 24.3 Å². The monoisotopic (exact) mass is 418 g/mol. The Morgan fingerprint density at radius 1 is 1.21 bits per heavy atom. The predicted molar refractivity (Wildman–Crippen MR) is 108 cm³/mol. The molecule has 0 saturated carbocycles.